The minimum atomic E-state index is -0.349. The lowest BCUT2D eigenvalue weighted by Crippen LogP contribution is -2.06. The first-order valence-electron chi connectivity index (χ1n) is 5.26. The average Bonchev–Trinajstić information content (AvgIpc) is 2.63. The second kappa shape index (κ2) is 4.75. The van der Waals surface area contributed by atoms with Gasteiger partial charge in [0, 0.05) is 29.5 Å². The molecule has 2 aromatic rings. The molecule has 1 aromatic heterocycles. The predicted molar refractivity (Wildman–Crippen MR) is 66.7 cm³/mol. The Morgan fingerprint density at radius 1 is 1.41 bits per heavy atom. The summed E-state index contributed by atoms with van der Waals surface area (Å²) < 4.78 is 14.9. The van der Waals surface area contributed by atoms with E-state index in [1.54, 1.807) is 16.9 Å². The van der Waals surface area contributed by atoms with Crippen LogP contribution < -0.4 is 5.32 Å². The van der Waals surface area contributed by atoms with Gasteiger partial charge in [-0.25, -0.2) is 4.39 Å². The van der Waals surface area contributed by atoms with Gasteiger partial charge in [-0.15, -0.1) is 0 Å². The zero-order valence-electron chi connectivity index (χ0n) is 9.61. The summed E-state index contributed by atoms with van der Waals surface area (Å²) in [7, 11) is 1.86. The predicted octanol–water partition coefficient (Wildman–Crippen LogP) is 3.39. The summed E-state index contributed by atoms with van der Waals surface area (Å²) in [5.41, 5.74) is 1.69. The lowest BCUT2D eigenvalue weighted by atomic mass is 10.2. The number of rotatable bonds is 3. The third kappa shape index (κ3) is 2.97. The van der Waals surface area contributed by atoms with Crippen molar-refractivity contribution in [1.82, 2.24) is 9.78 Å². The summed E-state index contributed by atoms with van der Waals surface area (Å²) in [6.45, 7) is 1.98. The molecule has 3 nitrogen and oxygen atoms in total. The highest BCUT2D eigenvalue weighted by Crippen LogP contribution is 2.22. The van der Waals surface area contributed by atoms with Gasteiger partial charge in [0.15, 0.2) is 0 Å². The van der Waals surface area contributed by atoms with Crippen molar-refractivity contribution in [2.24, 2.45) is 7.05 Å². The van der Waals surface area contributed by atoms with Crippen LogP contribution in [-0.4, -0.2) is 9.78 Å². The Hall–Kier alpha value is -1.55. The van der Waals surface area contributed by atoms with Crippen molar-refractivity contribution in [1.29, 1.82) is 0 Å². The lowest BCUT2D eigenvalue weighted by Gasteiger charge is -2.13. The first-order valence-corrected chi connectivity index (χ1v) is 5.63. The van der Waals surface area contributed by atoms with Gasteiger partial charge in [-0.05, 0) is 25.1 Å². The molecule has 0 amide bonds. The smallest absolute Gasteiger partial charge is 0.126 e. The van der Waals surface area contributed by atoms with E-state index in [1.807, 2.05) is 20.2 Å². The van der Waals surface area contributed by atoms with Crippen molar-refractivity contribution in [3.05, 3.63) is 47.0 Å². The fourth-order valence-electron chi connectivity index (χ4n) is 1.63. The third-order valence-electron chi connectivity index (χ3n) is 2.47. The van der Waals surface area contributed by atoms with E-state index >= 15 is 0 Å². The van der Waals surface area contributed by atoms with Crippen LogP contribution in [-0.2, 0) is 7.05 Å². The summed E-state index contributed by atoms with van der Waals surface area (Å²) >= 11 is 5.79. The van der Waals surface area contributed by atoms with E-state index in [0.717, 1.165) is 5.56 Å². The topological polar surface area (TPSA) is 29.9 Å². The molecule has 0 bridgehead atoms. The van der Waals surface area contributed by atoms with Gasteiger partial charge in [0.1, 0.15) is 5.82 Å². The lowest BCUT2D eigenvalue weighted by molar-refractivity contribution is 0.628. The Kier molecular flexibility index (Phi) is 3.33. The molecule has 0 saturated heterocycles. The van der Waals surface area contributed by atoms with Crippen LogP contribution in [0.3, 0.4) is 0 Å². The van der Waals surface area contributed by atoms with Gasteiger partial charge >= 0.3 is 0 Å². The number of hydrogen-bond donors (Lipinski definition) is 1. The maximum absolute atomic E-state index is 13.1. The zero-order chi connectivity index (χ0) is 12.4. The molecule has 0 aliphatic rings. The van der Waals surface area contributed by atoms with E-state index in [1.165, 1.54) is 12.1 Å². The van der Waals surface area contributed by atoms with E-state index < -0.39 is 0 Å². The number of halogens is 2. The highest BCUT2D eigenvalue weighted by Gasteiger charge is 2.08. The third-order valence-corrected chi connectivity index (χ3v) is 2.69. The van der Waals surface area contributed by atoms with Gasteiger partial charge in [0.2, 0.25) is 0 Å². The van der Waals surface area contributed by atoms with Crippen LogP contribution in [0.2, 0.25) is 5.02 Å². The monoisotopic (exact) mass is 253 g/mol. The molecule has 5 heteroatoms. The molecule has 0 fully saturated rings. The van der Waals surface area contributed by atoms with E-state index in [9.17, 15) is 4.39 Å². The molecular formula is C12H13ClFN3. The van der Waals surface area contributed by atoms with E-state index in [2.05, 4.69) is 10.4 Å². The summed E-state index contributed by atoms with van der Waals surface area (Å²) in [5, 5.41) is 7.65. The van der Waals surface area contributed by atoms with Crippen LogP contribution >= 0.6 is 11.6 Å². The van der Waals surface area contributed by atoms with Crippen molar-refractivity contribution in [2.45, 2.75) is 13.0 Å². The molecule has 0 aliphatic heterocycles. The van der Waals surface area contributed by atoms with Gasteiger partial charge in [0.05, 0.1) is 12.2 Å². The molecule has 0 radical (unpaired) electrons. The molecule has 0 saturated carbocycles. The summed E-state index contributed by atoms with van der Waals surface area (Å²) in [6.07, 6.45) is 3.69. The van der Waals surface area contributed by atoms with Gasteiger partial charge in [-0.1, -0.05) is 11.6 Å². The van der Waals surface area contributed by atoms with Crippen LogP contribution in [0.25, 0.3) is 0 Å². The van der Waals surface area contributed by atoms with Gasteiger partial charge in [0.25, 0.3) is 0 Å². The fraction of sp³-hybridized carbons (Fsp3) is 0.250. The number of benzene rings is 1. The summed E-state index contributed by atoms with van der Waals surface area (Å²) in [5.74, 6) is -0.349. The highest BCUT2D eigenvalue weighted by atomic mass is 35.5. The first-order chi connectivity index (χ1) is 8.04. The maximum atomic E-state index is 13.1. The van der Waals surface area contributed by atoms with Crippen LogP contribution in [0.1, 0.15) is 18.5 Å². The second-order valence-electron chi connectivity index (χ2n) is 3.97. The molecule has 0 aliphatic carbocycles. The Labute approximate surface area is 104 Å². The molecule has 1 unspecified atom stereocenters. The normalized spacial score (nSPS) is 12.5. The molecule has 1 aromatic carbocycles. The van der Waals surface area contributed by atoms with Crippen molar-refractivity contribution in [2.75, 3.05) is 5.32 Å². The number of nitrogens with one attached hydrogen (secondary N) is 1. The number of aryl methyl sites for hydroxylation is 1. The summed E-state index contributed by atoms with van der Waals surface area (Å²) in [6, 6.07) is 4.43. The second-order valence-corrected chi connectivity index (χ2v) is 4.41. The SMILES string of the molecule is CC(Nc1cc(F)cc(Cl)c1)c1cnn(C)c1. The minimum Gasteiger partial charge on any atom is -0.378 e. The van der Waals surface area contributed by atoms with Gasteiger partial charge in [-0.2, -0.15) is 5.10 Å². The number of nitrogens with zero attached hydrogens (tertiary/aromatic N) is 2. The van der Waals surface area contributed by atoms with Crippen molar-refractivity contribution >= 4 is 17.3 Å². The van der Waals surface area contributed by atoms with Gasteiger partial charge in [-0.3, -0.25) is 4.68 Å². The standard InChI is InChI=1S/C12H13ClFN3/c1-8(9-6-15-17(2)7-9)16-12-4-10(13)3-11(14)5-12/h3-8,16H,1-2H3. The largest absolute Gasteiger partial charge is 0.378 e. The van der Waals surface area contributed by atoms with E-state index in [-0.39, 0.29) is 11.9 Å². The number of hydrogen-bond acceptors (Lipinski definition) is 2. The van der Waals surface area contributed by atoms with Crippen LogP contribution in [0.5, 0.6) is 0 Å². The molecular weight excluding hydrogens is 241 g/mol. The molecule has 1 heterocycles. The maximum Gasteiger partial charge on any atom is 0.126 e. The Balaban J connectivity index is 2.15. The number of aromatic nitrogens is 2. The molecule has 2 rings (SSSR count). The van der Waals surface area contributed by atoms with Crippen molar-refractivity contribution < 1.29 is 4.39 Å². The Morgan fingerprint density at radius 3 is 2.76 bits per heavy atom. The molecule has 1 atom stereocenters. The number of anilines is 1. The molecule has 90 valence electrons. The Morgan fingerprint density at radius 2 is 2.18 bits per heavy atom. The minimum absolute atomic E-state index is 0.0431. The zero-order valence-corrected chi connectivity index (χ0v) is 10.4. The van der Waals surface area contributed by atoms with Crippen LogP contribution in [0.4, 0.5) is 10.1 Å². The van der Waals surface area contributed by atoms with E-state index in [4.69, 9.17) is 11.6 Å². The molecule has 0 spiro atoms. The van der Waals surface area contributed by atoms with E-state index in [0.29, 0.717) is 10.7 Å². The van der Waals surface area contributed by atoms with Gasteiger partial charge < -0.3 is 5.32 Å². The van der Waals surface area contributed by atoms with Crippen LogP contribution in [0, 0.1) is 5.82 Å². The average molecular weight is 254 g/mol. The molecule has 1 N–H and O–H groups in total. The van der Waals surface area contributed by atoms with Crippen molar-refractivity contribution in [3.63, 3.8) is 0 Å². The Bertz CT molecular complexity index is 504. The van der Waals surface area contributed by atoms with Crippen molar-refractivity contribution in [3.8, 4) is 0 Å². The quantitative estimate of drug-likeness (QED) is 0.909. The summed E-state index contributed by atoms with van der Waals surface area (Å²) in [4.78, 5) is 0. The highest BCUT2D eigenvalue weighted by molar-refractivity contribution is 6.30. The van der Waals surface area contributed by atoms with Crippen LogP contribution in [0.15, 0.2) is 30.6 Å². The molecule has 17 heavy (non-hydrogen) atoms. The first kappa shape index (κ1) is 11.9. The fourth-order valence-corrected chi connectivity index (χ4v) is 1.86.